The quantitative estimate of drug-likeness (QED) is 0.664. The van der Waals surface area contributed by atoms with Gasteiger partial charge in [0.15, 0.2) is 0 Å². The van der Waals surface area contributed by atoms with Gasteiger partial charge in [0.25, 0.3) is 0 Å². The molecule has 0 aliphatic rings. The zero-order chi connectivity index (χ0) is 14.7. The molecule has 0 saturated heterocycles. The average molecular weight is 278 g/mol. The van der Waals surface area contributed by atoms with Crippen LogP contribution in [0.4, 0.5) is 8.78 Å². The molecule has 3 N–H and O–H groups in total. The van der Waals surface area contributed by atoms with Crippen LogP contribution < -0.4 is 11.3 Å². The first kappa shape index (κ1) is 14.5. The van der Waals surface area contributed by atoms with Gasteiger partial charge < -0.3 is 0 Å². The average Bonchev–Trinajstić information content (AvgIpc) is 2.38. The fraction of sp³-hybridized carbons (Fsp3) is 0.286. The van der Waals surface area contributed by atoms with E-state index in [1.54, 1.807) is 0 Å². The van der Waals surface area contributed by atoms with Crippen LogP contribution in [0, 0.1) is 25.5 Å². The Morgan fingerprint density at radius 1 is 1.10 bits per heavy atom. The molecule has 20 heavy (non-hydrogen) atoms. The lowest BCUT2D eigenvalue weighted by Gasteiger charge is -2.18. The summed E-state index contributed by atoms with van der Waals surface area (Å²) < 4.78 is 26.4. The Morgan fingerprint density at radius 3 is 2.35 bits per heavy atom. The van der Waals surface area contributed by atoms with Gasteiger partial charge in [-0.25, -0.2) is 8.78 Å². The maximum Gasteiger partial charge on any atom is 0.126 e. The Balaban J connectivity index is 2.31. The summed E-state index contributed by atoms with van der Waals surface area (Å²) in [7, 11) is 0. The van der Waals surface area contributed by atoms with Crippen molar-refractivity contribution in [3.05, 3.63) is 58.4 Å². The fourth-order valence-electron chi connectivity index (χ4n) is 2.15. The number of rotatable bonds is 4. The van der Waals surface area contributed by atoms with Crippen LogP contribution in [-0.2, 0) is 6.42 Å². The second-order valence-corrected chi connectivity index (χ2v) is 4.73. The molecule has 0 spiro atoms. The number of benzene rings is 1. The molecule has 1 atom stereocenters. The van der Waals surface area contributed by atoms with E-state index in [2.05, 4.69) is 15.6 Å². The normalized spacial score (nSPS) is 12.4. The molecule has 0 aliphatic heterocycles. The standard InChI is InChI=1S/C14H16F2N4/c1-8-3-13(9(2)20-19-8)14(18-17)6-10-4-11(15)7-12(16)5-10/h3-5,7,14,18H,6,17H2,1-2H3. The van der Waals surface area contributed by atoms with E-state index in [0.29, 0.717) is 12.0 Å². The Hall–Kier alpha value is -1.92. The maximum absolute atomic E-state index is 13.2. The summed E-state index contributed by atoms with van der Waals surface area (Å²) in [6.45, 7) is 3.64. The molecule has 0 saturated carbocycles. The first-order valence-corrected chi connectivity index (χ1v) is 6.21. The highest BCUT2D eigenvalue weighted by atomic mass is 19.1. The van der Waals surface area contributed by atoms with E-state index in [-0.39, 0.29) is 6.04 Å². The van der Waals surface area contributed by atoms with Crippen LogP contribution in [0.2, 0.25) is 0 Å². The molecule has 6 heteroatoms. The van der Waals surface area contributed by atoms with Crippen LogP contribution in [-0.4, -0.2) is 10.2 Å². The molecular formula is C14H16F2N4. The summed E-state index contributed by atoms with van der Waals surface area (Å²) in [4.78, 5) is 0. The molecule has 106 valence electrons. The summed E-state index contributed by atoms with van der Waals surface area (Å²) >= 11 is 0. The van der Waals surface area contributed by atoms with Crippen LogP contribution in [0.15, 0.2) is 24.3 Å². The monoisotopic (exact) mass is 278 g/mol. The second kappa shape index (κ2) is 6.02. The third-order valence-electron chi connectivity index (χ3n) is 3.08. The smallest absolute Gasteiger partial charge is 0.126 e. The minimum Gasteiger partial charge on any atom is -0.271 e. The topological polar surface area (TPSA) is 63.8 Å². The summed E-state index contributed by atoms with van der Waals surface area (Å²) in [5.74, 6) is 4.36. The first-order chi connectivity index (χ1) is 9.49. The Bertz CT molecular complexity index is 596. The third-order valence-corrected chi connectivity index (χ3v) is 3.08. The fourth-order valence-corrected chi connectivity index (χ4v) is 2.15. The predicted molar refractivity (Wildman–Crippen MR) is 71.6 cm³/mol. The van der Waals surface area contributed by atoms with Crippen molar-refractivity contribution in [3.8, 4) is 0 Å². The lowest BCUT2D eigenvalue weighted by molar-refractivity contribution is 0.534. The van der Waals surface area contributed by atoms with Gasteiger partial charge >= 0.3 is 0 Å². The summed E-state index contributed by atoms with van der Waals surface area (Å²) in [6, 6.07) is 5.01. The highest BCUT2D eigenvalue weighted by molar-refractivity contribution is 5.27. The lowest BCUT2D eigenvalue weighted by atomic mass is 9.98. The molecule has 2 aromatic rings. The Labute approximate surface area is 116 Å². The van der Waals surface area contributed by atoms with Gasteiger partial charge in [-0.2, -0.15) is 10.2 Å². The van der Waals surface area contributed by atoms with E-state index in [0.717, 1.165) is 23.0 Å². The van der Waals surface area contributed by atoms with Gasteiger partial charge in [-0.3, -0.25) is 11.3 Å². The molecule has 1 heterocycles. The molecule has 0 radical (unpaired) electrons. The van der Waals surface area contributed by atoms with Crippen LogP contribution in [0.25, 0.3) is 0 Å². The minimum atomic E-state index is -0.600. The molecule has 2 rings (SSSR count). The van der Waals surface area contributed by atoms with Gasteiger partial charge in [0.2, 0.25) is 0 Å². The predicted octanol–water partition coefficient (Wildman–Crippen LogP) is 2.12. The molecule has 0 amide bonds. The molecule has 1 aromatic heterocycles. The number of halogens is 2. The van der Waals surface area contributed by atoms with E-state index in [9.17, 15) is 8.78 Å². The van der Waals surface area contributed by atoms with Gasteiger partial charge in [0, 0.05) is 6.07 Å². The zero-order valence-corrected chi connectivity index (χ0v) is 11.3. The van der Waals surface area contributed by atoms with E-state index >= 15 is 0 Å². The molecule has 0 fully saturated rings. The van der Waals surface area contributed by atoms with Gasteiger partial charge in [0.1, 0.15) is 11.6 Å². The van der Waals surface area contributed by atoms with Crippen molar-refractivity contribution in [2.75, 3.05) is 0 Å². The highest BCUT2D eigenvalue weighted by Gasteiger charge is 2.15. The number of nitrogens with one attached hydrogen (secondary N) is 1. The first-order valence-electron chi connectivity index (χ1n) is 6.21. The molecular weight excluding hydrogens is 262 g/mol. The van der Waals surface area contributed by atoms with Crippen LogP contribution >= 0.6 is 0 Å². The van der Waals surface area contributed by atoms with E-state index < -0.39 is 11.6 Å². The molecule has 1 aromatic carbocycles. The highest BCUT2D eigenvalue weighted by Crippen LogP contribution is 2.21. The summed E-state index contributed by atoms with van der Waals surface area (Å²) in [6.07, 6.45) is 0.358. The van der Waals surface area contributed by atoms with Crippen LogP contribution in [0.3, 0.4) is 0 Å². The molecule has 0 bridgehead atoms. The SMILES string of the molecule is Cc1cc(C(Cc2cc(F)cc(F)c2)NN)c(C)nn1. The van der Waals surface area contributed by atoms with Gasteiger partial charge in [-0.1, -0.05) is 0 Å². The largest absolute Gasteiger partial charge is 0.271 e. The molecule has 4 nitrogen and oxygen atoms in total. The summed E-state index contributed by atoms with van der Waals surface area (Å²) in [5, 5.41) is 7.98. The minimum absolute atomic E-state index is 0.287. The number of aryl methyl sites for hydroxylation is 2. The third kappa shape index (κ3) is 3.34. The second-order valence-electron chi connectivity index (χ2n) is 4.73. The van der Waals surface area contributed by atoms with Crippen LogP contribution in [0.1, 0.15) is 28.6 Å². The maximum atomic E-state index is 13.2. The van der Waals surface area contributed by atoms with Crippen molar-refractivity contribution in [2.24, 2.45) is 5.84 Å². The van der Waals surface area contributed by atoms with Crippen molar-refractivity contribution in [2.45, 2.75) is 26.3 Å². The summed E-state index contributed by atoms with van der Waals surface area (Å²) in [5.41, 5.74) is 5.55. The number of nitrogens with zero attached hydrogens (tertiary/aromatic N) is 2. The van der Waals surface area contributed by atoms with Crippen molar-refractivity contribution in [1.29, 1.82) is 0 Å². The van der Waals surface area contributed by atoms with E-state index in [1.807, 2.05) is 19.9 Å². The Morgan fingerprint density at radius 2 is 1.75 bits per heavy atom. The number of hydrazine groups is 1. The molecule has 1 unspecified atom stereocenters. The Kier molecular flexibility index (Phi) is 4.36. The van der Waals surface area contributed by atoms with Crippen molar-refractivity contribution in [1.82, 2.24) is 15.6 Å². The van der Waals surface area contributed by atoms with Crippen molar-refractivity contribution < 1.29 is 8.78 Å². The van der Waals surface area contributed by atoms with Gasteiger partial charge in [-0.15, -0.1) is 0 Å². The van der Waals surface area contributed by atoms with Gasteiger partial charge in [-0.05, 0) is 49.6 Å². The van der Waals surface area contributed by atoms with Crippen molar-refractivity contribution in [3.63, 3.8) is 0 Å². The zero-order valence-electron chi connectivity index (χ0n) is 11.3. The van der Waals surface area contributed by atoms with Gasteiger partial charge in [0.05, 0.1) is 17.4 Å². The number of nitrogens with two attached hydrogens (primary N) is 1. The molecule has 0 aliphatic carbocycles. The van der Waals surface area contributed by atoms with Crippen molar-refractivity contribution >= 4 is 0 Å². The van der Waals surface area contributed by atoms with E-state index in [1.165, 1.54) is 12.1 Å². The number of hydrogen-bond acceptors (Lipinski definition) is 4. The van der Waals surface area contributed by atoms with Crippen LogP contribution in [0.5, 0.6) is 0 Å². The number of aromatic nitrogens is 2. The number of hydrogen-bond donors (Lipinski definition) is 2. The lowest BCUT2D eigenvalue weighted by Crippen LogP contribution is -2.30. The van der Waals surface area contributed by atoms with E-state index in [4.69, 9.17) is 5.84 Å².